The lowest BCUT2D eigenvalue weighted by molar-refractivity contribution is 0.0901. The zero-order chi connectivity index (χ0) is 29.8. The van der Waals surface area contributed by atoms with Gasteiger partial charge < -0.3 is 20.5 Å². The molecule has 1 aliphatic carbocycles. The van der Waals surface area contributed by atoms with Crippen molar-refractivity contribution in [2.24, 2.45) is 7.05 Å². The molecule has 0 aliphatic heterocycles. The van der Waals surface area contributed by atoms with Crippen LogP contribution in [0.15, 0.2) is 59.7 Å². The number of hydrogen-bond acceptors (Lipinski definition) is 8. The molecule has 5 rings (SSSR count). The summed E-state index contributed by atoms with van der Waals surface area (Å²) in [7, 11) is 3.04. The van der Waals surface area contributed by atoms with Crippen LogP contribution in [-0.4, -0.2) is 50.0 Å². The van der Waals surface area contributed by atoms with Crippen LogP contribution in [0.25, 0.3) is 22.4 Å². The summed E-state index contributed by atoms with van der Waals surface area (Å²) in [5.41, 5.74) is 4.32. The number of hydrogen-bond donors (Lipinski definition) is 3. The summed E-state index contributed by atoms with van der Waals surface area (Å²) >= 11 is 6.99. The first-order valence-electron chi connectivity index (χ1n) is 13.8. The van der Waals surface area contributed by atoms with Gasteiger partial charge in [0.05, 0.1) is 23.9 Å². The van der Waals surface area contributed by atoms with Crippen LogP contribution in [0.3, 0.4) is 0 Å². The van der Waals surface area contributed by atoms with Gasteiger partial charge in [0.15, 0.2) is 5.69 Å². The van der Waals surface area contributed by atoms with Crippen molar-refractivity contribution in [1.82, 2.24) is 25.1 Å². The zero-order valence-corrected chi connectivity index (χ0v) is 24.5. The second-order valence-electron chi connectivity index (χ2n) is 10.3. The highest BCUT2D eigenvalue weighted by Gasteiger charge is 2.23. The molecule has 42 heavy (non-hydrogen) atoms. The topological polar surface area (TPSA) is 131 Å². The van der Waals surface area contributed by atoms with Gasteiger partial charge in [0.25, 0.3) is 11.5 Å². The molecule has 10 nitrogen and oxygen atoms in total. The predicted molar refractivity (Wildman–Crippen MR) is 162 cm³/mol. The Kier molecular flexibility index (Phi) is 8.96. The van der Waals surface area contributed by atoms with E-state index >= 15 is 0 Å². The van der Waals surface area contributed by atoms with E-state index in [1.807, 2.05) is 49.4 Å². The number of nitrogens with zero attached hydrogens (tertiary/aromatic N) is 4. The first-order valence-corrected chi connectivity index (χ1v) is 14.2. The van der Waals surface area contributed by atoms with Crippen molar-refractivity contribution in [2.75, 3.05) is 12.4 Å². The molecular formula is C31H33ClN6O4. The molecule has 218 valence electrons. The van der Waals surface area contributed by atoms with E-state index in [4.69, 9.17) is 21.3 Å². The molecule has 0 radical (unpaired) electrons. The Hall–Kier alpha value is -4.12. The van der Waals surface area contributed by atoms with Gasteiger partial charge in [-0.2, -0.15) is 5.10 Å². The largest absolute Gasteiger partial charge is 0.481 e. The third-order valence-electron chi connectivity index (χ3n) is 7.69. The Morgan fingerprint density at radius 1 is 1.10 bits per heavy atom. The zero-order valence-electron chi connectivity index (χ0n) is 23.7. The molecule has 0 unspecified atom stereocenters. The molecule has 11 heteroatoms. The van der Waals surface area contributed by atoms with E-state index in [0.29, 0.717) is 28.8 Å². The fourth-order valence-corrected chi connectivity index (χ4v) is 5.61. The van der Waals surface area contributed by atoms with Crippen LogP contribution in [0.2, 0.25) is 5.02 Å². The van der Waals surface area contributed by atoms with E-state index in [9.17, 15) is 14.7 Å². The number of anilines is 1. The molecule has 2 atom stereocenters. The molecule has 0 bridgehead atoms. The molecule has 1 amide bonds. The standard InChI is InChI=1S/C31H33ClN6O4/c1-18-20(8-7-12-23(18)36-29(40)28-31(41)38(2)35-17-34-28)21-9-6-10-22(27(21)32)24-15-14-19(30(37-24)42-3)16-33-25-11-4-5-13-26(25)39/h6-10,12,14-15,17,25-26,33,39H,4-5,11,13,16H2,1-3H3,(H,36,40)/t25-,26+/m1/s1. The summed E-state index contributed by atoms with van der Waals surface area (Å²) < 4.78 is 6.68. The molecule has 4 aromatic rings. The molecule has 1 saturated carbocycles. The number of carbonyl (C=O) groups excluding carboxylic acids is 1. The van der Waals surface area contributed by atoms with E-state index in [1.165, 1.54) is 7.05 Å². The van der Waals surface area contributed by atoms with Crippen molar-refractivity contribution in [2.45, 2.75) is 51.3 Å². The quantitative estimate of drug-likeness (QED) is 0.274. The lowest BCUT2D eigenvalue weighted by Gasteiger charge is -2.28. The molecule has 3 N–H and O–H groups in total. The van der Waals surface area contributed by atoms with Crippen LogP contribution >= 0.6 is 11.6 Å². The van der Waals surface area contributed by atoms with Gasteiger partial charge in [-0.05, 0) is 43.0 Å². The smallest absolute Gasteiger partial charge is 0.298 e. The molecule has 2 aromatic carbocycles. The second kappa shape index (κ2) is 12.8. The van der Waals surface area contributed by atoms with Crippen LogP contribution in [-0.2, 0) is 13.6 Å². The highest BCUT2D eigenvalue weighted by molar-refractivity contribution is 6.36. The highest BCUT2D eigenvalue weighted by Crippen LogP contribution is 2.39. The molecule has 2 heterocycles. The van der Waals surface area contributed by atoms with Gasteiger partial charge in [0.2, 0.25) is 5.88 Å². The lowest BCUT2D eigenvalue weighted by Crippen LogP contribution is -2.41. The minimum atomic E-state index is -0.623. The van der Waals surface area contributed by atoms with E-state index in [1.54, 1.807) is 13.2 Å². The molecule has 1 aliphatic rings. The number of carbonyl (C=O) groups is 1. The van der Waals surface area contributed by atoms with E-state index in [0.717, 1.165) is 64.5 Å². The fourth-order valence-electron chi connectivity index (χ4n) is 5.28. The molecule has 0 spiro atoms. The summed E-state index contributed by atoms with van der Waals surface area (Å²) in [6, 6.07) is 15.1. The number of halogens is 1. The number of rotatable bonds is 8. The number of benzene rings is 2. The van der Waals surface area contributed by atoms with Crippen molar-refractivity contribution in [3.63, 3.8) is 0 Å². The number of methoxy groups -OCH3 is 1. The SMILES string of the molecule is COc1nc(-c2cccc(-c3cccc(NC(=O)c4ncnn(C)c4=O)c3C)c2Cl)ccc1CN[C@@H]1CCCC[C@@H]1O. The number of pyridine rings is 1. The van der Waals surface area contributed by atoms with Crippen LogP contribution in [0.1, 0.15) is 47.3 Å². The van der Waals surface area contributed by atoms with Crippen molar-refractivity contribution >= 4 is 23.2 Å². The van der Waals surface area contributed by atoms with Gasteiger partial charge in [-0.3, -0.25) is 9.59 Å². The average Bonchev–Trinajstić information content (AvgIpc) is 2.99. The number of aryl methyl sites for hydroxylation is 1. The van der Waals surface area contributed by atoms with Gasteiger partial charge in [0, 0.05) is 42.0 Å². The van der Waals surface area contributed by atoms with Gasteiger partial charge >= 0.3 is 0 Å². The molecule has 0 saturated heterocycles. The maximum atomic E-state index is 12.9. The number of amides is 1. The van der Waals surface area contributed by atoms with Gasteiger partial charge in [-0.25, -0.2) is 14.6 Å². The van der Waals surface area contributed by atoms with E-state index in [2.05, 4.69) is 20.7 Å². The van der Waals surface area contributed by atoms with Crippen LogP contribution in [0.5, 0.6) is 5.88 Å². The summed E-state index contributed by atoms with van der Waals surface area (Å²) in [6.45, 7) is 2.41. The first kappa shape index (κ1) is 29.4. The second-order valence-corrected chi connectivity index (χ2v) is 10.7. The normalized spacial score (nSPS) is 16.7. The molecule has 2 aromatic heterocycles. The maximum absolute atomic E-state index is 12.9. The van der Waals surface area contributed by atoms with E-state index < -0.39 is 11.5 Å². The lowest BCUT2D eigenvalue weighted by atomic mass is 9.92. The van der Waals surface area contributed by atoms with Crippen molar-refractivity contribution < 1.29 is 14.6 Å². The van der Waals surface area contributed by atoms with Crippen molar-refractivity contribution in [1.29, 1.82) is 0 Å². The third-order valence-corrected chi connectivity index (χ3v) is 8.09. The van der Waals surface area contributed by atoms with Crippen molar-refractivity contribution in [3.05, 3.63) is 87.1 Å². The number of aromatic nitrogens is 4. The maximum Gasteiger partial charge on any atom is 0.298 e. The fraction of sp³-hybridized carbons (Fsp3) is 0.323. The number of aliphatic hydroxyl groups is 1. The Morgan fingerprint density at radius 3 is 2.62 bits per heavy atom. The first-order chi connectivity index (χ1) is 20.3. The Balaban J connectivity index is 1.41. The highest BCUT2D eigenvalue weighted by atomic mass is 35.5. The summed E-state index contributed by atoms with van der Waals surface area (Å²) in [5.74, 6) is -0.134. The third kappa shape index (κ3) is 6.06. The van der Waals surface area contributed by atoms with Gasteiger partial charge in [-0.1, -0.05) is 60.8 Å². The summed E-state index contributed by atoms with van der Waals surface area (Å²) in [5, 5.41) is 20.8. The average molecular weight is 589 g/mol. The van der Waals surface area contributed by atoms with Gasteiger partial charge in [0.1, 0.15) is 6.33 Å². The minimum Gasteiger partial charge on any atom is -0.481 e. The Labute approximate surface area is 248 Å². The number of ether oxygens (including phenoxy) is 1. The van der Waals surface area contributed by atoms with Crippen LogP contribution in [0, 0.1) is 6.92 Å². The van der Waals surface area contributed by atoms with Crippen molar-refractivity contribution in [3.8, 4) is 28.3 Å². The van der Waals surface area contributed by atoms with Gasteiger partial charge in [-0.15, -0.1) is 0 Å². The predicted octanol–water partition coefficient (Wildman–Crippen LogP) is 4.52. The Bertz CT molecular complexity index is 1670. The molecule has 1 fully saturated rings. The number of aliphatic hydroxyl groups excluding tert-OH is 1. The Morgan fingerprint density at radius 2 is 1.83 bits per heavy atom. The minimum absolute atomic E-state index is 0.0596. The van der Waals surface area contributed by atoms with E-state index in [-0.39, 0.29) is 17.8 Å². The summed E-state index contributed by atoms with van der Waals surface area (Å²) in [4.78, 5) is 33.8. The van der Waals surface area contributed by atoms with Crippen LogP contribution < -0.4 is 20.9 Å². The number of nitrogens with one attached hydrogen (secondary N) is 2. The summed E-state index contributed by atoms with van der Waals surface area (Å²) in [6.07, 6.45) is 4.75. The van der Waals surface area contributed by atoms with Crippen LogP contribution in [0.4, 0.5) is 5.69 Å². The molecular weight excluding hydrogens is 556 g/mol. The monoisotopic (exact) mass is 588 g/mol.